The zero-order valence-corrected chi connectivity index (χ0v) is 10.7. The molecular formula is C12H19NO2S. The second-order valence-electron chi connectivity index (χ2n) is 3.31. The Morgan fingerprint density at radius 3 is 2.81 bits per heavy atom. The van der Waals surface area contributed by atoms with E-state index in [-0.39, 0.29) is 0 Å². The van der Waals surface area contributed by atoms with Gasteiger partial charge in [-0.2, -0.15) is 11.8 Å². The number of thioether (sulfide) groups is 1. The third kappa shape index (κ3) is 4.23. The Bertz CT molecular complexity index is 318. The zero-order valence-electron chi connectivity index (χ0n) is 9.86. The molecule has 2 N–H and O–H groups in total. The van der Waals surface area contributed by atoms with E-state index in [9.17, 15) is 0 Å². The minimum Gasteiger partial charge on any atom is -0.493 e. The summed E-state index contributed by atoms with van der Waals surface area (Å²) >= 11 is 1.92. The van der Waals surface area contributed by atoms with E-state index in [1.54, 1.807) is 13.2 Å². The van der Waals surface area contributed by atoms with Crippen LogP contribution in [0.5, 0.6) is 11.5 Å². The minimum absolute atomic E-state index is 0.686. The van der Waals surface area contributed by atoms with E-state index in [0.29, 0.717) is 18.0 Å². The Morgan fingerprint density at radius 2 is 2.12 bits per heavy atom. The van der Waals surface area contributed by atoms with Crippen LogP contribution in [0.2, 0.25) is 0 Å². The van der Waals surface area contributed by atoms with Crippen molar-refractivity contribution in [1.29, 1.82) is 0 Å². The Balaban J connectivity index is 2.41. The van der Waals surface area contributed by atoms with Crippen LogP contribution in [-0.2, 0) is 0 Å². The molecule has 0 atom stereocenters. The van der Waals surface area contributed by atoms with Crippen LogP contribution < -0.4 is 15.2 Å². The van der Waals surface area contributed by atoms with E-state index in [1.165, 1.54) is 0 Å². The first-order chi connectivity index (χ1) is 7.77. The first-order valence-electron chi connectivity index (χ1n) is 5.42. The molecule has 0 spiro atoms. The standard InChI is InChI=1S/C12H19NO2S/c1-3-16-8-4-7-15-11-6-5-10(13)9-12(11)14-2/h5-6,9H,3-4,7-8,13H2,1-2H3. The van der Waals surface area contributed by atoms with Crippen LogP contribution in [0.1, 0.15) is 13.3 Å². The summed E-state index contributed by atoms with van der Waals surface area (Å²) in [6.45, 7) is 2.88. The summed E-state index contributed by atoms with van der Waals surface area (Å²) in [5, 5.41) is 0. The topological polar surface area (TPSA) is 44.5 Å². The lowest BCUT2D eigenvalue weighted by atomic mass is 10.3. The Hall–Kier alpha value is -1.03. The highest BCUT2D eigenvalue weighted by Gasteiger charge is 2.03. The maximum absolute atomic E-state index is 5.66. The molecule has 90 valence electrons. The molecule has 3 nitrogen and oxygen atoms in total. The van der Waals surface area contributed by atoms with Crippen molar-refractivity contribution in [3.63, 3.8) is 0 Å². The molecule has 0 amide bonds. The predicted molar refractivity (Wildman–Crippen MR) is 70.5 cm³/mol. The van der Waals surface area contributed by atoms with E-state index in [0.717, 1.165) is 23.7 Å². The first-order valence-corrected chi connectivity index (χ1v) is 6.57. The fraction of sp³-hybridized carbons (Fsp3) is 0.500. The average Bonchev–Trinajstić information content (AvgIpc) is 2.30. The highest BCUT2D eigenvalue weighted by molar-refractivity contribution is 7.99. The van der Waals surface area contributed by atoms with Gasteiger partial charge >= 0.3 is 0 Å². The normalized spacial score (nSPS) is 10.1. The van der Waals surface area contributed by atoms with Crippen LogP contribution in [0.4, 0.5) is 5.69 Å². The van der Waals surface area contributed by atoms with Gasteiger partial charge in [0.05, 0.1) is 13.7 Å². The van der Waals surface area contributed by atoms with Gasteiger partial charge in [0.25, 0.3) is 0 Å². The molecule has 16 heavy (non-hydrogen) atoms. The molecule has 0 heterocycles. The summed E-state index contributed by atoms with van der Waals surface area (Å²) in [6, 6.07) is 5.44. The van der Waals surface area contributed by atoms with E-state index in [4.69, 9.17) is 15.2 Å². The number of hydrogen-bond donors (Lipinski definition) is 1. The fourth-order valence-electron chi connectivity index (χ4n) is 1.29. The lowest BCUT2D eigenvalue weighted by Gasteiger charge is -2.10. The number of nitrogen functional groups attached to an aromatic ring is 1. The highest BCUT2D eigenvalue weighted by Crippen LogP contribution is 2.28. The number of benzene rings is 1. The first kappa shape index (κ1) is 13.0. The number of methoxy groups -OCH3 is 1. The molecule has 0 aliphatic heterocycles. The van der Waals surface area contributed by atoms with Gasteiger partial charge in [-0.05, 0) is 30.1 Å². The molecule has 0 saturated carbocycles. The van der Waals surface area contributed by atoms with Gasteiger partial charge in [-0.25, -0.2) is 0 Å². The molecule has 0 aromatic heterocycles. The summed E-state index contributed by atoms with van der Waals surface area (Å²) in [4.78, 5) is 0. The maximum atomic E-state index is 5.66. The van der Waals surface area contributed by atoms with Crippen molar-refractivity contribution in [1.82, 2.24) is 0 Å². The second kappa shape index (κ2) is 7.28. The molecule has 0 bridgehead atoms. The van der Waals surface area contributed by atoms with Crippen LogP contribution in [0.15, 0.2) is 18.2 Å². The molecule has 1 aromatic carbocycles. The zero-order chi connectivity index (χ0) is 11.8. The van der Waals surface area contributed by atoms with Gasteiger partial charge in [-0.3, -0.25) is 0 Å². The number of anilines is 1. The van der Waals surface area contributed by atoms with Gasteiger partial charge in [-0.15, -0.1) is 0 Å². The summed E-state index contributed by atoms with van der Waals surface area (Å²) in [6.07, 6.45) is 1.05. The number of ether oxygens (including phenoxy) is 2. The van der Waals surface area contributed by atoms with E-state index < -0.39 is 0 Å². The molecule has 0 aliphatic carbocycles. The van der Waals surface area contributed by atoms with Crippen LogP contribution >= 0.6 is 11.8 Å². The summed E-state index contributed by atoms with van der Waals surface area (Å²) in [5.74, 6) is 3.75. The molecule has 0 radical (unpaired) electrons. The van der Waals surface area contributed by atoms with Gasteiger partial charge in [0.15, 0.2) is 11.5 Å². The van der Waals surface area contributed by atoms with Crippen LogP contribution in [0.25, 0.3) is 0 Å². The minimum atomic E-state index is 0.686. The van der Waals surface area contributed by atoms with Crippen LogP contribution in [-0.4, -0.2) is 25.2 Å². The second-order valence-corrected chi connectivity index (χ2v) is 4.70. The third-order valence-electron chi connectivity index (χ3n) is 2.08. The monoisotopic (exact) mass is 241 g/mol. The van der Waals surface area contributed by atoms with Crippen molar-refractivity contribution >= 4 is 17.4 Å². The van der Waals surface area contributed by atoms with Crippen molar-refractivity contribution in [2.45, 2.75) is 13.3 Å². The quantitative estimate of drug-likeness (QED) is 0.589. The van der Waals surface area contributed by atoms with Crippen molar-refractivity contribution in [2.75, 3.05) is 31.0 Å². The Labute approximate surface area is 101 Å². The lowest BCUT2D eigenvalue weighted by Crippen LogP contribution is -2.01. The predicted octanol–water partition coefficient (Wildman–Crippen LogP) is 2.80. The third-order valence-corrected chi connectivity index (χ3v) is 3.07. The molecule has 4 heteroatoms. The molecule has 1 rings (SSSR count). The number of nitrogens with two attached hydrogens (primary N) is 1. The van der Waals surface area contributed by atoms with Crippen LogP contribution in [0, 0.1) is 0 Å². The summed E-state index contributed by atoms with van der Waals surface area (Å²) < 4.78 is 10.8. The SMILES string of the molecule is CCSCCCOc1ccc(N)cc1OC. The molecule has 0 aliphatic rings. The summed E-state index contributed by atoms with van der Waals surface area (Å²) in [5.41, 5.74) is 6.34. The van der Waals surface area contributed by atoms with Gasteiger partial charge in [0.1, 0.15) is 0 Å². The largest absolute Gasteiger partial charge is 0.493 e. The molecule has 1 aromatic rings. The van der Waals surface area contributed by atoms with Gasteiger partial charge in [0, 0.05) is 11.8 Å². The maximum Gasteiger partial charge on any atom is 0.162 e. The van der Waals surface area contributed by atoms with Crippen molar-refractivity contribution in [3.8, 4) is 11.5 Å². The van der Waals surface area contributed by atoms with Gasteiger partial charge in [0.2, 0.25) is 0 Å². The van der Waals surface area contributed by atoms with Crippen molar-refractivity contribution < 1.29 is 9.47 Å². The van der Waals surface area contributed by atoms with E-state index in [1.807, 2.05) is 23.9 Å². The average molecular weight is 241 g/mol. The van der Waals surface area contributed by atoms with Crippen molar-refractivity contribution in [2.24, 2.45) is 0 Å². The molecular weight excluding hydrogens is 222 g/mol. The number of rotatable bonds is 7. The molecule has 0 unspecified atom stereocenters. The van der Waals surface area contributed by atoms with Gasteiger partial charge < -0.3 is 15.2 Å². The fourth-order valence-corrected chi connectivity index (χ4v) is 1.90. The van der Waals surface area contributed by atoms with Gasteiger partial charge in [-0.1, -0.05) is 6.92 Å². The Morgan fingerprint density at radius 1 is 1.31 bits per heavy atom. The van der Waals surface area contributed by atoms with E-state index in [2.05, 4.69) is 6.92 Å². The number of hydrogen-bond acceptors (Lipinski definition) is 4. The van der Waals surface area contributed by atoms with E-state index >= 15 is 0 Å². The lowest BCUT2D eigenvalue weighted by molar-refractivity contribution is 0.295. The molecule has 0 saturated heterocycles. The highest BCUT2D eigenvalue weighted by atomic mass is 32.2. The molecule has 0 fully saturated rings. The van der Waals surface area contributed by atoms with Crippen LogP contribution in [0.3, 0.4) is 0 Å². The Kier molecular flexibility index (Phi) is 5.93. The smallest absolute Gasteiger partial charge is 0.162 e. The summed E-state index contributed by atoms with van der Waals surface area (Å²) in [7, 11) is 1.62. The van der Waals surface area contributed by atoms with Crippen molar-refractivity contribution in [3.05, 3.63) is 18.2 Å².